The molecule has 0 aliphatic rings. The number of nitrogens with one attached hydrogen (secondary N) is 1. The third-order valence-electron chi connectivity index (χ3n) is 3.26. The smallest absolute Gasteiger partial charge is 0.337 e. The van der Waals surface area contributed by atoms with E-state index in [1.54, 1.807) is 0 Å². The molecule has 2 N–H and O–H groups in total. The normalized spacial score (nSPS) is 10.5. The van der Waals surface area contributed by atoms with Crippen molar-refractivity contribution in [3.8, 4) is 0 Å². The average molecular weight is 375 g/mol. The lowest BCUT2D eigenvalue weighted by atomic mass is 10.1. The molecule has 0 aromatic heterocycles. The number of carboxylic acid groups (broad SMARTS) is 1. The van der Waals surface area contributed by atoms with Gasteiger partial charge in [-0.05, 0) is 12.1 Å². The Labute approximate surface area is 149 Å². The Morgan fingerprint density at radius 1 is 1.00 bits per heavy atom. The van der Waals surface area contributed by atoms with E-state index in [1.807, 2.05) is 0 Å². The molecule has 0 aliphatic carbocycles. The summed E-state index contributed by atoms with van der Waals surface area (Å²) in [4.78, 5) is 41.2. The quantitative estimate of drug-likeness (QED) is 0.415. The molecule has 13 nitrogen and oxygen atoms in total. The highest BCUT2D eigenvalue weighted by Crippen LogP contribution is 2.32. The fraction of sp³-hybridized carbons (Fsp3) is 0. The summed E-state index contributed by atoms with van der Waals surface area (Å²) >= 11 is 0. The summed E-state index contributed by atoms with van der Waals surface area (Å²) in [6.45, 7) is 0. The average Bonchev–Trinajstić information content (AvgIpc) is 2.61. The SMILES string of the molecule is O=C(O)c1ccccc1N/N=C/c1c([N+](=O)[O-])cc([N+](=O)[O-])cc1[N+](=O)[O-]. The van der Waals surface area contributed by atoms with Crippen LogP contribution in [-0.2, 0) is 0 Å². The topological polar surface area (TPSA) is 191 Å². The predicted octanol–water partition coefficient (Wildman–Crippen LogP) is 2.56. The number of nitro benzene ring substituents is 3. The van der Waals surface area contributed by atoms with E-state index in [-0.39, 0.29) is 11.3 Å². The van der Waals surface area contributed by atoms with Gasteiger partial charge in [-0.25, -0.2) is 4.79 Å². The molecule has 2 rings (SSSR count). The van der Waals surface area contributed by atoms with E-state index in [0.717, 1.165) is 6.21 Å². The number of carbonyl (C=O) groups is 1. The first kappa shape index (κ1) is 18.9. The first-order chi connectivity index (χ1) is 12.7. The lowest BCUT2D eigenvalue weighted by Crippen LogP contribution is -2.05. The highest BCUT2D eigenvalue weighted by atomic mass is 16.6. The monoisotopic (exact) mass is 375 g/mol. The van der Waals surface area contributed by atoms with Crippen LogP contribution in [0.3, 0.4) is 0 Å². The van der Waals surface area contributed by atoms with Crippen LogP contribution in [0, 0.1) is 30.3 Å². The third kappa shape index (κ3) is 4.16. The molecular formula is C14H9N5O8. The van der Waals surface area contributed by atoms with Gasteiger partial charge in [-0.15, -0.1) is 0 Å². The number of non-ortho nitro benzene ring substituents is 1. The summed E-state index contributed by atoms with van der Waals surface area (Å²) in [5.74, 6) is -1.26. The molecule has 138 valence electrons. The zero-order chi connectivity index (χ0) is 20.1. The van der Waals surface area contributed by atoms with Gasteiger partial charge >= 0.3 is 5.97 Å². The molecule has 0 saturated heterocycles. The van der Waals surface area contributed by atoms with Crippen molar-refractivity contribution in [3.63, 3.8) is 0 Å². The van der Waals surface area contributed by atoms with E-state index in [1.165, 1.54) is 24.3 Å². The maximum atomic E-state index is 11.1. The predicted molar refractivity (Wildman–Crippen MR) is 91.0 cm³/mol. The van der Waals surface area contributed by atoms with Crippen LogP contribution in [0.15, 0.2) is 41.5 Å². The number of hydrogen-bond acceptors (Lipinski definition) is 9. The third-order valence-corrected chi connectivity index (χ3v) is 3.26. The maximum Gasteiger partial charge on any atom is 0.337 e. The van der Waals surface area contributed by atoms with Crippen LogP contribution in [-0.4, -0.2) is 32.1 Å². The van der Waals surface area contributed by atoms with Crippen molar-refractivity contribution in [2.45, 2.75) is 0 Å². The summed E-state index contributed by atoms with van der Waals surface area (Å²) in [7, 11) is 0. The Bertz CT molecular complexity index is 952. The van der Waals surface area contributed by atoms with Crippen molar-refractivity contribution in [1.29, 1.82) is 0 Å². The molecule has 0 saturated carbocycles. The molecule has 0 radical (unpaired) electrons. The fourth-order valence-corrected chi connectivity index (χ4v) is 2.08. The van der Waals surface area contributed by atoms with Crippen molar-refractivity contribution in [1.82, 2.24) is 0 Å². The molecule has 0 aliphatic heterocycles. The molecule has 0 heterocycles. The number of nitro groups is 3. The number of hydrogen-bond donors (Lipinski definition) is 2. The second-order valence-corrected chi connectivity index (χ2v) is 4.89. The largest absolute Gasteiger partial charge is 0.478 e. The molecule has 0 fully saturated rings. The van der Waals surface area contributed by atoms with Crippen molar-refractivity contribution in [3.05, 3.63) is 77.9 Å². The molecule has 0 unspecified atom stereocenters. The number of anilines is 1. The highest BCUT2D eigenvalue weighted by molar-refractivity contribution is 5.95. The number of para-hydroxylation sites is 1. The second kappa shape index (κ2) is 7.64. The van der Waals surface area contributed by atoms with E-state index in [0.29, 0.717) is 12.1 Å². The molecular weight excluding hydrogens is 366 g/mol. The molecule has 0 spiro atoms. The first-order valence-electron chi connectivity index (χ1n) is 6.95. The van der Waals surface area contributed by atoms with Crippen LogP contribution in [0.4, 0.5) is 22.7 Å². The van der Waals surface area contributed by atoms with Gasteiger partial charge < -0.3 is 5.11 Å². The molecule has 27 heavy (non-hydrogen) atoms. The van der Waals surface area contributed by atoms with Crippen molar-refractivity contribution >= 4 is 34.9 Å². The Balaban J connectivity index is 2.50. The first-order valence-corrected chi connectivity index (χ1v) is 6.95. The zero-order valence-electron chi connectivity index (χ0n) is 13.1. The van der Waals surface area contributed by atoms with Crippen LogP contribution in [0.25, 0.3) is 0 Å². The zero-order valence-corrected chi connectivity index (χ0v) is 13.1. The van der Waals surface area contributed by atoms with Crippen molar-refractivity contribution in [2.75, 3.05) is 5.43 Å². The minimum atomic E-state index is -1.26. The van der Waals surface area contributed by atoms with E-state index >= 15 is 0 Å². The summed E-state index contributed by atoms with van der Waals surface area (Å²) in [5, 5.41) is 45.8. The van der Waals surface area contributed by atoms with E-state index in [9.17, 15) is 35.1 Å². The van der Waals surface area contributed by atoms with Gasteiger partial charge in [0.05, 0.1) is 44.4 Å². The van der Waals surface area contributed by atoms with Gasteiger partial charge in [-0.1, -0.05) is 12.1 Å². The van der Waals surface area contributed by atoms with Crippen LogP contribution < -0.4 is 5.43 Å². The van der Waals surface area contributed by atoms with Gasteiger partial charge in [-0.3, -0.25) is 35.8 Å². The van der Waals surface area contributed by atoms with Crippen molar-refractivity contribution in [2.24, 2.45) is 5.10 Å². The van der Waals surface area contributed by atoms with Gasteiger partial charge in [0.25, 0.3) is 17.1 Å². The summed E-state index contributed by atoms with van der Waals surface area (Å²) in [6, 6.07) is 6.74. The maximum absolute atomic E-state index is 11.1. The van der Waals surface area contributed by atoms with E-state index in [4.69, 9.17) is 5.11 Å². The standard InChI is InChI=1S/C14H9N5O8/c20-14(21)9-3-1-2-4-11(9)16-15-7-10-12(18(24)25)5-8(17(22)23)6-13(10)19(26)27/h1-7,16H,(H,20,21)/b15-7+. The summed E-state index contributed by atoms with van der Waals surface area (Å²) < 4.78 is 0. The molecule has 0 amide bonds. The number of rotatable bonds is 7. The Hall–Kier alpha value is -4.42. The lowest BCUT2D eigenvalue weighted by Gasteiger charge is -2.04. The molecule has 13 heteroatoms. The van der Waals surface area contributed by atoms with Crippen LogP contribution in [0.5, 0.6) is 0 Å². The van der Waals surface area contributed by atoms with E-state index < -0.39 is 43.4 Å². The van der Waals surface area contributed by atoms with Crippen LogP contribution in [0.1, 0.15) is 15.9 Å². The van der Waals surface area contributed by atoms with Gasteiger partial charge in [0.2, 0.25) is 0 Å². The van der Waals surface area contributed by atoms with Gasteiger partial charge in [0.1, 0.15) is 0 Å². The molecule has 2 aromatic rings. The minimum Gasteiger partial charge on any atom is -0.478 e. The number of carboxylic acids is 1. The number of nitrogens with zero attached hydrogens (tertiary/aromatic N) is 4. The lowest BCUT2D eigenvalue weighted by molar-refractivity contribution is -0.403. The summed E-state index contributed by atoms with van der Waals surface area (Å²) in [6.07, 6.45) is 0.721. The van der Waals surface area contributed by atoms with Crippen LogP contribution in [0.2, 0.25) is 0 Å². The highest BCUT2D eigenvalue weighted by Gasteiger charge is 2.29. The molecule has 0 bridgehead atoms. The number of aromatic carboxylic acids is 1. The number of hydrazone groups is 1. The van der Waals surface area contributed by atoms with Crippen LogP contribution >= 0.6 is 0 Å². The van der Waals surface area contributed by atoms with Crippen molar-refractivity contribution < 1.29 is 24.7 Å². The summed E-state index contributed by atoms with van der Waals surface area (Å²) in [5.41, 5.74) is -0.995. The van der Waals surface area contributed by atoms with Gasteiger partial charge in [0, 0.05) is 0 Å². The Morgan fingerprint density at radius 3 is 2.04 bits per heavy atom. The Kier molecular flexibility index (Phi) is 5.35. The Morgan fingerprint density at radius 2 is 1.56 bits per heavy atom. The minimum absolute atomic E-state index is 0.0356. The molecule has 0 atom stereocenters. The second-order valence-electron chi connectivity index (χ2n) is 4.89. The van der Waals surface area contributed by atoms with Gasteiger partial charge in [0.15, 0.2) is 5.56 Å². The fourth-order valence-electron chi connectivity index (χ4n) is 2.08. The van der Waals surface area contributed by atoms with Gasteiger partial charge in [-0.2, -0.15) is 5.10 Å². The van der Waals surface area contributed by atoms with E-state index in [2.05, 4.69) is 10.5 Å². The number of benzene rings is 2. The molecule has 2 aromatic carbocycles.